The van der Waals surface area contributed by atoms with Crippen LogP contribution in [0.15, 0.2) is 53.8 Å². The van der Waals surface area contributed by atoms with Crippen molar-refractivity contribution in [3.63, 3.8) is 0 Å². The predicted molar refractivity (Wildman–Crippen MR) is 88.3 cm³/mol. The molecule has 7 heteroatoms. The zero-order valence-electron chi connectivity index (χ0n) is 13.1. The highest BCUT2D eigenvalue weighted by Gasteiger charge is 2.10. The molecule has 0 saturated heterocycles. The number of fused-ring (bicyclic) bond motifs is 1. The summed E-state index contributed by atoms with van der Waals surface area (Å²) in [5.41, 5.74) is 0.314. The van der Waals surface area contributed by atoms with E-state index in [0.29, 0.717) is 16.7 Å². The molecule has 2 heterocycles. The van der Waals surface area contributed by atoms with Gasteiger partial charge in [0.25, 0.3) is 5.56 Å². The number of hydrogen-bond acceptors (Lipinski definition) is 6. The smallest absolute Gasteiger partial charge is 0.261 e. The van der Waals surface area contributed by atoms with Crippen molar-refractivity contribution >= 4 is 10.9 Å². The molecule has 2 aromatic heterocycles. The van der Waals surface area contributed by atoms with Gasteiger partial charge < -0.3 is 14.6 Å². The third-order valence-electron chi connectivity index (χ3n) is 3.54. The van der Waals surface area contributed by atoms with Crippen LogP contribution < -0.4 is 15.0 Å². The zero-order chi connectivity index (χ0) is 16.9. The van der Waals surface area contributed by atoms with E-state index < -0.39 is 6.10 Å². The van der Waals surface area contributed by atoms with Crippen LogP contribution in [-0.2, 0) is 6.54 Å². The molecule has 1 atom stereocenters. The summed E-state index contributed by atoms with van der Waals surface area (Å²) < 4.78 is 11.9. The molecule has 0 aliphatic carbocycles. The zero-order valence-corrected chi connectivity index (χ0v) is 13.1. The summed E-state index contributed by atoms with van der Waals surface area (Å²) in [4.78, 5) is 20.4. The van der Waals surface area contributed by atoms with Gasteiger partial charge in [0, 0.05) is 6.20 Å². The van der Waals surface area contributed by atoms with Crippen LogP contribution in [0.5, 0.6) is 11.5 Å². The molecule has 3 rings (SSSR count). The molecule has 124 valence electrons. The number of aliphatic hydroxyl groups excluding tert-OH is 1. The van der Waals surface area contributed by atoms with E-state index >= 15 is 0 Å². The fraction of sp³-hybridized carbons (Fsp3) is 0.235. The number of nitrogens with zero attached hydrogens (tertiary/aromatic N) is 3. The van der Waals surface area contributed by atoms with E-state index in [1.54, 1.807) is 43.6 Å². The summed E-state index contributed by atoms with van der Waals surface area (Å²) in [5, 5.41) is 10.6. The van der Waals surface area contributed by atoms with Crippen molar-refractivity contribution < 1.29 is 14.6 Å². The van der Waals surface area contributed by atoms with Crippen LogP contribution in [0.2, 0.25) is 0 Å². The Morgan fingerprint density at radius 2 is 1.96 bits per heavy atom. The van der Waals surface area contributed by atoms with Crippen molar-refractivity contribution in [2.75, 3.05) is 13.7 Å². The molecule has 0 radical (unpaired) electrons. The summed E-state index contributed by atoms with van der Waals surface area (Å²) in [6.07, 6.45) is 3.64. The quantitative estimate of drug-likeness (QED) is 0.733. The van der Waals surface area contributed by atoms with Gasteiger partial charge in [-0.3, -0.25) is 14.3 Å². The van der Waals surface area contributed by atoms with E-state index in [1.807, 2.05) is 0 Å². The van der Waals surface area contributed by atoms with Crippen molar-refractivity contribution in [2.24, 2.45) is 0 Å². The molecule has 24 heavy (non-hydrogen) atoms. The molecule has 0 fully saturated rings. The standard InChI is InChI=1S/C17H17N3O4/c1-23-13-2-4-14(5-3-13)24-10-12(21)9-20-11-19-16-8-18-7-6-15(16)17(20)22/h2-8,11-12,21H,9-10H2,1H3. The molecule has 0 aliphatic rings. The van der Waals surface area contributed by atoms with Gasteiger partial charge in [0.05, 0.1) is 37.1 Å². The van der Waals surface area contributed by atoms with E-state index in [9.17, 15) is 9.90 Å². The van der Waals surface area contributed by atoms with Crippen LogP contribution in [0.4, 0.5) is 0 Å². The molecule has 7 nitrogen and oxygen atoms in total. The number of hydrogen-bond donors (Lipinski definition) is 1. The van der Waals surface area contributed by atoms with E-state index in [0.717, 1.165) is 5.75 Å². The first-order valence-corrected chi connectivity index (χ1v) is 7.41. The van der Waals surface area contributed by atoms with Gasteiger partial charge >= 0.3 is 0 Å². The molecular weight excluding hydrogens is 310 g/mol. The predicted octanol–water partition coefficient (Wildman–Crippen LogP) is 1.24. The number of rotatable bonds is 6. The van der Waals surface area contributed by atoms with Crippen molar-refractivity contribution in [1.29, 1.82) is 0 Å². The van der Waals surface area contributed by atoms with Crippen LogP contribution in [0.1, 0.15) is 0 Å². The molecule has 1 N–H and O–H groups in total. The van der Waals surface area contributed by atoms with Crippen LogP contribution in [0, 0.1) is 0 Å². The number of ether oxygens (including phenoxy) is 2. The van der Waals surface area contributed by atoms with Crippen molar-refractivity contribution in [2.45, 2.75) is 12.6 Å². The SMILES string of the molecule is COc1ccc(OCC(O)Cn2cnc3cnccc3c2=O)cc1. The van der Waals surface area contributed by atoms with Gasteiger partial charge in [0.2, 0.25) is 0 Å². The van der Waals surface area contributed by atoms with Crippen molar-refractivity contribution in [3.05, 3.63) is 59.4 Å². The van der Waals surface area contributed by atoms with Gasteiger partial charge in [0.15, 0.2) is 0 Å². The third-order valence-corrected chi connectivity index (χ3v) is 3.54. The number of aromatic nitrogens is 3. The second kappa shape index (κ2) is 7.10. The maximum absolute atomic E-state index is 12.3. The first-order chi connectivity index (χ1) is 11.7. The highest BCUT2D eigenvalue weighted by atomic mass is 16.5. The van der Waals surface area contributed by atoms with Crippen LogP contribution in [-0.4, -0.2) is 39.5 Å². The number of benzene rings is 1. The molecule has 1 aromatic carbocycles. The summed E-state index contributed by atoms with van der Waals surface area (Å²) in [5.74, 6) is 1.34. The normalized spacial score (nSPS) is 12.1. The lowest BCUT2D eigenvalue weighted by Crippen LogP contribution is -2.30. The molecule has 0 aliphatic heterocycles. The molecule has 1 unspecified atom stereocenters. The fourth-order valence-corrected chi connectivity index (χ4v) is 2.28. The summed E-state index contributed by atoms with van der Waals surface area (Å²) in [6, 6.07) is 8.66. The first-order valence-electron chi connectivity index (χ1n) is 7.41. The van der Waals surface area contributed by atoms with Gasteiger partial charge in [-0.2, -0.15) is 0 Å². The van der Waals surface area contributed by atoms with Crippen molar-refractivity contribution in [1.82, 2.24) is 14.5 Å². The monoisotopic (exact) mass is 327 g/mol. The second-order valence-electron chi connectivity index (χ2n) is 5.24. The van der Waals surface area contributed by atoms with E-state index in [2.05, 4.69) is 9.97 Å². The minimum absolute atomic E-state index is 0.0626. The van der Waals surface area contributed by atoms with Gasteiger partial charge in [-0.15, -0.1) is 0 Å². The molecular formula is C17H17N3O4. The lowest BCUT2D eigenvalue weighted by molar-refractivity contribution is 0.0914. The van der Waals surface area contributed by atoms with Gasteiger partial charge in [-0.05, 0) is 30.3 Å². The Kier molecular flexibility index (Phi) is 4.72. The lowest BCUT2D eigenvalue weighted by atomic mass is 10.3. The van der Waals surface area contributed by atoms with E-state index in [-0.39, 0.29) is 18.7 Å². The molecule has 0 bridgehead atoms. The Balaban J connectivity index is 1.65. The number of aliphatic hydroxyl groups is 1. The number of pyridine rings is 1. The summed E-state index contributed by atoms with van der Waals surface area (Å²) >= 11 is 0. The molecule has 0 saturated carbocycles. The third kappa shape index (κ3) is 3.52. The van der Waals surface area contributed by atoms with Crippen LogP contribution in [0.25, 0.3) is 10.9 Å². The second-order valence-corrected chi connectivity index (χ2v) is 5.24. The maximum atomic E-state index is 12.3. The Labute approximate surface area is 138 Å². The highest BCUT2D eigenvalue weighted by molar-refractivity contribution is 5.75. The lowest BCUT2D eigenvalue weighted by Gasteiger charge is -2.14. The van der Waals surface area contributed by atoms with Crippen molar-refractivity contribution in [3.8, 4) is 11.5 Å². The fourth-order valence-electron chi connectivity index (χ4n) is 2.28. The largest absolute Gasteiger partial charge is 0.497 e. The topological polar surface area (TPSA) is 86.5 Å². The number of methoxy groups -OCH3 is 1. The van der Waals surface area contributed by atoms with Gasteiger partial charge in [-0.25, -0.2) is 4.98 Å². The summed E-state index contributed by atoms with van der Waals surface area (Å²) in [6.45, 7) is 0.160. The van der Waals surface area contributed by atoms with E-state index in [1.165, 1.54) is 17.1 Å². The highest BCUT2D eigenvalue weighted by Crippen LogP contribution is 2.17. The Bertz CT molecular complexity index is 877. The first kappa shape index (κ1) is 15.9. The van der Waals surface area contributed by atoms with Gasteiger partial charge in [-0.1, -0.05) is 0 Å². The molecule has 0 amide bonds. The molecule has 0 spiro atoms. The average molecular weight is 327 g/mol. The maximum Gasteiger partial charge on any atom is 0.261 e. The van der Waals surface area contributed by atoms with Gasteiger partial charge in [0.1, 0.15) is 24.2 Å². The Morgan fingerprint density at radius 3 is 2.71 bits per heavy atom. The summed E-state index contributed by atoms with van der Waals surface area (Å²) in [7, 11) is 1.59. The Hall–Kier alpha value is -2.93. The minimum Gasteiger partial charge on any atom is -0.497 e. The van der Waals surface area contributed by atoms with Crippen LogP contribution >= 0.6 is 0 Å². The average Bonchev–Trinajstić information content (AvgIpc) is 2.63. The minimum atomic E-state index is -0.842. The van der Waals surface area contributed by atoms with E-state index in [4.69, 9.17) is 9.47 Å². The Morgan fingerprint density at radius 1 is 1.21 bits per heavy atom. The molecule has 3 aromatic rings. The van der Waals surface area contributed by atoms with Crippen LogP contribution in [0.3, 0.4) is 0 Å².